The van der Waals surface area contributed by atoms with Gasteiger partial charge in [0.15, 0.2) is 0 Å². The minimum absolute atomic E-state index is 0.0539. The number of pyridine rings is 1. The molecule has 0 bridgehead atoms. The van der Waals surface area contributed by atoms with E-state index < -0.39 is 4.92 Å². The summed E-state index contributed by atoms with van der Waals surface area (Å²) >= 11 is 0. The number of nitro groups is 1. The third-order valence-corrected chi connectivity index (χ3v) is 2.52. The summed E-state index contributed by atoms with van der Waals surface area (Å²) in [6, 6.07) is 1.86. The van der Waals surface area contributed by atoms with Crippen molar-refractivity contribution in [3.8, 4) is 0 Å². The highest BCUT2D eigenvalue weighted by molar-refractivity contribution is 5.51. The van der Waals surface area contributed by atoms with Crippen molar-refractivity contribution in [2.24, 2.45) is 0 Å². The molecule has 7 nitrogen and oxygen atoms in total. The van der Waals surface area contributed by atoms with Crippen molar-refractivity contribution in [3.05, 3.63) is 45.9 Å². The highest BCUT2D eigenvalue weighted by atomic mass is 16.6. The summed E-state index contributed by atoms with van der Waals surface area (Å²) in [7, 11) is 0. The van der Waals surface area contributed by atoms with Gasteiger partial charge < -0.3 is 5.73 Å². The van der Waals surface area contributed by atoms with Gasteiger partial charge in [0.05, 0.1) is 11.5 Å². The molecule has 0 saturated carbocycles. The molecule has 0 amide bonds. The quantitative estimate of drug-likeness (QED) is 0.632. The summed E-state index contributed by atoms with van der Waals surface area (Å²) in [6.45, 7) is 2.31. The van der Waals surface area contributed by atoms with Crippen LogP contribution in [-0.2, 0) is 6.54 Å². The lowest BCUT2D eigenvalue weighted by Gasteiger charge is -2.05. The largest absolute Gasteiger partial charge is 0.378 e. The Morgan fingerprint density at radius 3 is 2.88 bits per heavy atom. The number of nitrogens with two attached hydrogens (primary N) is 1. The number of rotatable bonds is 3. The van der Waals surface area contributed by atoms with Gasteiger partial charge in [0, 0.05) is 12.4 Å². The Morgan fingerprint density at radius 1 is 1.53 bits per heavy atom. The van der Waals surface area contributed by atoms with Crippen LogP contribution in [0.3, 0.4) is 0 Å². The van der Waals surface area contributed by atoms with Crippen molar-refractivity contribution < 1.29 is 4.92 Å². The molecule has 7 heteroatoms. The summed E-state index contributed by atoms with van der Waals surface area (Å²) in [5.41, 5.74) is 7.43. The molecule has 2 aromatic heterocycles. The third kappa shape index (κ3) is 2.07. The van der Waals surface area contributed by atoms with Crippen molar-refractivity contribution in [2.45, 2.75) is 13.5 Å². The van der Waals surface area contributed by atoms with Crippen LogP contribution in [0.1, 0.15) is 11.1 Å². The maximum atomic E-state index is 10.6. The van der Waals surface area contributed by atoms with Crippen molar-refractivity contribution >= 4 is 11.5 Å². The lowest BCUT2D eigenvalue weighted by molar-refractivity contribution is -0.384. The molecule has 2 aromatic rings. The summed E-state index contributed by atoms with van der Waals surface area (Å²) in [5.74, 6) is 0.0539. The molecule has 0 unspecified atom stereocenters. The summed E-state index contributed by atoms with van der Waals surface area (Å²) in [5, 5.41) is 14.5. The molecule has 0 aliphatic heterocycles. The van der Waals surface area contributed by atoms with Gasteiger partial charge in [-0.05, 0) is 24.1 Å². The second-order valence-electron chi connectivity index (χ2n) is 3.63. The zero-order chi connectivity index (χ0) is 12.4. The van der Waals surface area contributed by atoms with Gasteiger partial charge in [0.1, 0.15) is 6.20 Å². The van der Waals surface area contributed by atoms with E-state index in [1.54, 1.807) is 12.4 Å². The fourth-order valence-corrected chi connectivity index (χ4v) is 1.48. The molecule has 0 fully saturated rings. The molecule has 17 heavy (non-hydrogen) atoms. The van der Waals surface area contributed by atoms with Crippen LogP contribution in [0.2, 0.25) is 0 Å². The number of anilines is 1. The van der Waals surface area contributed by atoms with E-state index in [0.29, 0.717) is 6.54 Å². The Kier molecular flexibility index (Phi) is 2.73. The van der Waals surface area contributed by atoms with E-state index in [0.717, 1.165) is 17.3 Å². The summed E-state index contributed by atoms with van der Waals surface area (Å²) in [6.07, 6.45) is 4.54. The minimum atomic E-state index is -0.547. The van der Waals surface area contributed by atoms with Gasteiger partial charge in [-0.1, -0.05) is 0 Å². The van der Waals surface area contributed by atoms with E-state index in [-0.39, 0.29) is 11.5 Å². The standard InChI is InChI=1S/C10H11N5O2/c1-7-2-3-12-4-8(7)6-14-10(11)9(5-13-14)15(16)17/h2-5H,6,11H2,1H3. The van der Waals surface area contributed by atoms with E-state index in [1.807, 2.05) is 13.0 Å². The second kappa shape index (κ2) is 4.20. The topological polar surface area (TPSA) is 99.9 Å². The second-order valence-corrected chi connectivity index (χ2v) is 3.63. The molecule has 0 radical (unpaired) electrons. The van der Waals surface area contributed by atoms with Crippen LogP contribution in [0, 0.1) is 17.0 Å². The summed E-state index contributed by atoms with van der Waals surface area (Å²) in [4.78, 5) is 14.1. The Labute approximate surface area is 97.0 Å². The third-order valence-electron chi connectivity index (χ3n) is 2.52. The molecule has 0 saturated heterocycles. The highest BCUT2D eigenvalue weighted by Crippen LogP contribution is 2.21. The predicted molar refractivity (Wildman–Crippen MR) is 61.4 cm³/mol. The van der Waals surface area contributed by atoms with Crippen LogP contribution < -0.4 is 5.73 Å². The van der Waals surface area contributed by atoms with Crippen molar-refractivity contribution in [1.29, 1.82) is 0 Å². The first-order valence-corrected chi connectivity index (χ1v) is 4.94. The Morgan fingerprint density at radius 2 is 2.29 bits per heavy atom. The average molecular weight is 233 g/mol. The number of hydrogen-bond acceptors (Lipinski definition) is 5. The zero-order valence-corrected chi connectivity index (χ0v) is 9.20. The van der Waals surface area contributed by atoms with Gasteiger partial charge in [-0.2, -0.15) is 5.10 Å². The van der Waals surface area contributed by atoms with E-state index in [1.165, 1.54) is 4.68 Å². The van der Waals surface area contributed by atoms with Crippen LogP contribution in [0.4, 0.5) is 11.5 Å². The van der Waals surface area contributed by atoms with E-state index >= 15 is 0 Å². The van der Waals surface area contributed by atoms with Gasteiger partial charge >= 0.3 is 5.69 Å². The number of aryl methyl sites for hydroxylation is 1. The normalized spacial score (nSPS) is 10.4. The molecule has 2 N–H and O–H groups in total. The number of hydrogen-bond donors (Lipinski definition) is 1. The molecular weight excluding hydrogens is 222 g/mol. The van der Waals surface area contributed by atoms with Gasteiger partial charge in [0.2, 0.25) is 5.82 Å². The van der Waals surface area contributed by atoms with Crippen LogP contribution in [0.15, 0.2) is 24.7 Å². The number of nitrogen functional groups attached to an aromatic ring is 1. The monoisotopic (exact) mass is 233 g/mol. The lowest BCUT2D eigenvalue weighted by Crippen LogP contribution is -2.08. The molecule has 2 rings (SSSR count). The van der Waals surface area contributed by atoms with Gasteiger partial charge in [0.25, 0.3) is 0 Å². The minimum Gasteiger partial charge on any atom is -0.378 e. The van der Waals surface area contributed by atoms with Gasteiger partial charge in [-0.15, -0.1) is 0 Å². The molecule has 0 atom stereocenters. The van der Waals surface area contributed by atoms with Crippen molar-refractivity contribution in [1.82, 2.24) is 14.8 Å². The highest BCUT2D eigenvalue weighted by Gasteiger charge is 2.17. The predicted octanol–water partition coefficient (Wildman–Crippen LogP) is 1.13. The fourth-order valence-electron chi connectivity index (χ4n) is 1.48. The number of aromatic nitrogens is 3. The zero-order valence-electron chi connectivity index (χ0n) is 9.20. The van der Waals surface area contributed by atoms with Crippen molar-refractivity contribution in [2.75, 3.05) is 5.73 Å². The molecular formula is C10H11N5O2. The lowest BCUT2D eigenvalue weighted by atomic mass is 10.2. The Balaban J connectivity index is 2.31. The maximum Gasteiger partial charge on any atom is 0.330 e. The average Bonchev–Trinajstić information content (AvgIpc) is 2.64. The van der Waals surface area contributed by atoms with E-state index in [9.17, 15) is 10.1 Å². The van der Waals surface area contributed by atoms with Gasteiger partial charge in [-0.3, -0.25) is 15.1 Å². The first-order chi connectivity index (χ1) is 8.09. The first-order valence-electron chi connectivity index (χ1n) is 4.94. The Bertz CT molecular complexity index is 564. The van der Waals surface area contributed by atoms with Crippen LogP contribution in [-0.4, -0.2) is 19.7 Å². The number of nitrogens with zero attached hydrogens (tertiary/aromatic N) is 4. The molecule has 88 valence electrons. The smallest absolute Gasteiger partial charge is 0.330 e. The molecule has 0 spiro atoms. The van der Waals surface area contributed by atoms with Crippen LogP contribution in [0.5, 0.6) is 0 Å². The summed E-state index contributed by atoms with van der Waals surface area (Å²) < 4.78 is 1.39. The molecule has 0 aromatic carbocycles. The van der Waals surface area contributed by atoms with Crippen LogP contribution in [0.25, 0.3) is 0 Å². The van der Waals surface area contributed by atoms with Crippen LogP contribution >= 0.6 is 0 Å². The maximum absolute atomic E-state index is 10.6. The van der Waals surface area contributed by atoms with E-state index in [2.05, 4.69) is 10.1 Å². The molecule has 0 aliphatic rings. The van der Waals surface area contributed by atoms with Gasteiger partial charge in [-0.25, -0.2) is 4.68 Å². The first kappa shape index (κ1) is 11.1. The SMILES string of the molecule is Cc1ccncc1Cn1ncc([N+](=O)[O-])c1N. The molecule has 0 aliphatic carbocycles. The fraction of sp³-hybridized carbons (Fsp3) is 0.200. The van der Waals surface area contributed by atoms with E-state index in [4.69, 9.17) is 5.73 Å². The Hall–Kier alpha value is -2.44. The molecule has 2 heterocycles. The van der Waals surface area contributed by atoms with Crippen molar-refractivity contribution in [3.63, 3.8) is 0 Å².